The number of carbonyl (C=O) groups is 3. The van der Waals surface area contributed by atoms with Gasteiger partial charge in [0.2, 0.25) is 5.91 Å². The molecular weight excluding hydrogens is 386 g/mol. The van der Waals surface area contributed by atoms with E-state index in [1.165, 1.54) is 0 Å². The standard InChI is InChI=1S/C19H22ClN3O5/c1-11-4-2-3-5-19(11)17(25)23(18(26)22-19)10-16(24)21-13-9-15-14(8-12(13)20)27-6-7-28-15/h8-9,11H,2-7,10H2,1H3,(H,21,24)(H,22,26). The minimum Gasteiger partial charge on any atom is -0.486 e. The molecule has 2 heterocycles. The van der Waals surface area contributed by atoms with Crippen LogP contribution in [0.5, 0.6) is 11.5 Å². The Labute approximate surface area is 167 Å². The van der Waals surface area contributed by atoms with Gasteiger partial charge in [-0.05, 0) is 18.8 Å². The first-order chi connectivity index (χ1) is 13.4. The van der Waals surface area contributed by atoms with Crippen molar-refractivity contribution >= 4 is 35.1 Å². The Hall–Kier alpha value is -2.48. The molecule has 1 aromatic carbocycles. The molecule has 1 spiro atoms. The third-order valence-electron chi connectivity index (χ3n) is 5.71. The molecule has 28 heavy (non-hydrogen) atoms. The van der Waals surface area contributed by atoms with Crippen LogP contribution < -0.4 is 20.1 Å². The maximum atomic E-state index is 12.9. The molecule has 4 amide bonds. The maximum absolute atomic E-state index is 12.9. The Balaban J connectivity index is 1.47. The van der Waals surface area contributed by atoms with E-state index >= 15 is 0 Å². The summed E-state index contributed by atoms with van der Waals surface area (Å²) in [5.74, 6) is 0.196. The minimum absolute atomic E-state index is 0.0398. The highest BCUT2D eigenvalue weighted by atomic mass is 35.5. The van der Waals surface area contributed by atoms with Crippen molar-refractivity contribution in [2.24, 2.45) is 5.92 Å². The van der Waals surface area contributed by atoms with Crippen molar-refractivity contribution < 1.29 is 23.9 Å². The Bertz CT molecular complexity index is 845. The van der Waals surface area contributed by atoms with Gasteiger partial charge in [0.25, 0.3) is 5.91 Å². The van der Waals surface area contributed by atoms with E-state index < -0.39 is 17.5 Å². The van der Waals surface area contributed by atoms with E-state index in [1.807, 2.05) is 6.92 Å². The van der Waals surface area contributed by atoms with Gasteiger partial charge < -0.3 is 20.1 Å². The number of hydrogen-bond donors (Lipinski definition) is 2. The minimum atomic E-state index is -0.885. The van der Waals surface area contributed by atoms with E-state index in [0.717, 1.165) is 24.2 Å². The average Bonchev–Trinajstić information content (AvgIpc) is 2.90. The average molecular weight is 408 g/mol. The summed E-state index contributed by atoms with van der Waals surface area (Å²) in [7, 11) is 0. The van der Waals surface area contributed by atoms with E-state index in [1.54, 1.807) is 12.1 Å². The van der Waals surface area contributed by atoms with Gasteiger partial charge >= 0.3 is 6.03 Å². The summed E-state index contributed by atoms with van der Waals surface area (Å²) >= 11 is 6.20. The summed E-state index contributed by atoms with van der Waals surface area (Å²) in [5, 5.41) is 5.77. The summed E-state index contributed by atoms with van der Waals surface area (Å²) in [6.45, 7) is 2.44. The first-order valence-corrected chi connectivity index (χ1v) is 9.81. The smallest absolute Gasteiger partial charge is 0.325 e. The number of hydrogen-bond acceptors (Lipinski definition) is 5. The van der Waals surface area contributed by atoms with Crippen LogP contribution in [0, 0.1) is 5.92 Å². The second kappa shape index (κ2) is 7.16. The van der Waals surface area contributed by atoms with Crippen molar-refractivity contribution in [1.82, 2.24) is 10.2 Å². The number of urea groups is 1. The van der Waals surface area contributed by atoms with Crippen molar-refractivity contribution in [2.45, 2.75) is 38.1 Å². The van der Waals surface area contributed by atoms with Crippen LogP contribution in [-0.2, 0) is 9.59 Å². The lowest BCUT2D eigenvalue weighted by Gasteiger charge is -2.36. The van der Waals surface area contributed by atoms with Crippen LogP contribution in [0.4, 0.5) is 10.5 Å². The summed E-state index contributed by atoms with van der Waals surface area (Å²) < 4.78 is 10.9. The van der Waals surface area contributed by atoms with Crippen LogP contribution in [0.3, 0.4) is 0 Å². The molecular formula is C19H22ClN3O5. The second-order valence-electron chi connectivity index (χ2n) is 7.46. The molecule has 1 saturated heterocycles. The number of nitrogens with one attached hydrogen (secondary N) is 2. The summed E-state index contributed by atoms with van der Waals surface area (Å²) in [4.78, 5) is 38.9. The van der Waals surface area contributed by atoms with Gasteiger partial charge in [0.1, 0.15) is 25.3 Å². The Kier molecular flexibility index (Phi) is 4.82. The number of nitrogens with zero attached hydrogens (tertiary/aromatic N) is 1. The maximum Gasteiger partial charge on any atom is 0.325 e. The summed E-state index contributed by atoms with van der Waals surface area (Å²) in [5.41, 5.74) is -0.548. The molecule has 2 atom stereocenters. The molecule has 0 radical (unpaired) electrons. The van der Waals surface area contributed by atoms with Gasteiger partial charge in [-0.2, -0.15) is 0 Å². The summed E-state index contributed by atoms with van der Waals surface area (Å²) in [6, 6.07) is 2.62. The van der Waals surface area contributed by atoms with E-state index in [2.05, 4.69) is 10.6 Å². The molecule has 0 aromatic heterocycles. The Morgan fingerprint density at radius 2 is 2.00 bits per heavy atom. The largest absolute Gasteiger partial charge is 0.486 e. The van der Waals surface area contributed by atoms with Crippen LogP contribution >= 0.6 is 11.6 Å². The highest BCUT2D eigenvalue weighted by Gasteiger charge is 2.55. The van der Waals surface area contributed by atoms with Gasteiger partial charge in [0, 0.05) is 12.1 Å². The highest BCUT2D eigenvalue weighted by Crippen LogP contribution is 2.39. The Morgan fingerprint density at radius 1 is 1.29 bits per heavy atom. The number of ether oxygens (including phenoxy) is 2. The van der Waals surface area contributed by atoms with Crippen molar-refractivity contribution in [1.29, 1.82) is 0 Å². The van der Waals surface area contributed by atoms with Gasteiger partial charge in [0.15, 0.2) is 11.5 Å². The number of imide groups is 1. The highest BCUT2D eigenvalue weighted by molar-refractivity contribution is 6.34. The molecule has 8 nitrogen and oxygen atoms in total. The predicted molar refractivity (Wildman–Crippen MR) is 102 cm³/mol. The predicted octanol–water partition coefficient (Wildman–Crippen LogP) is 2.55. The fraction of sp³-hybridized carbons (Fsp3) is 0.526. The molecule has 1 saturated carbocycles. The molecule has 4 rings (SSSR count). The number of carbonyl (C=O) groups excluding carboxylic acids is 3. The van der Waals surface area contributed by atoms with E-state index in [0.29, 0.717) is 36.8 Å². The lowest BCUT2D eigenvalue weighted by Crippen LogP contribution is -2.54. The molecule has 2 N–H and O–H groups in total. The van der Waals surface area contributed by atoms with Crippen molar-refractivity contribution in [2.75, 3.05) is 25.1 Å². The molecule has 150 valence electrons. The van der Waals surface area contributed by atoms with Crippen molar-refractivity contribution in [3.8, 4) is 11.5 Å². The lowest BCUT2D eigenvalue weighted by molar-refractivity contribution is -0.136. The van der Waals surface area contributed by atoms with Crippen molar-refractivity contribution in [3.63, 3.8) is 0 Å². The zero-order chi connectivity index (χ0) is 19.9. The normalized spacial score (nSPS) is 26.4. The van der Waals surface area contributed by atoms with Gasteiger partial charge in [-0.3, -0.25) is 14.5 Å². The number of amides is 4. The number of benzene rings is 1. The van der Waals surface area contributed by atoms with Crippen LogP contribution in [0.1, 0.15) is 32.6 Å². The first kappa shape index (κ1) is 18.9. The van der Waals surface area contributed by atoms with Gasteiger partial charge in [-0.25, -0.2) is 4.79 Å². The lowest BCUT2D eigenvalue weighted by atomic mass is 9.73. The number of halogens is 1. The number of rotatable bonds is 3. The molecule has 9 heteroatoms. The van der Waals surface area contributed by atoms with Crippen LogP contribution in [0.15, 0.2) is 12.1 Å². The van der Waals surface area contributed by atoms with Crippen LogP contribution in [0.25, 0.3) is 0 Å². The topological polar surface area (TPSA) is 97.0 Å². The fourth-order valence-electron chi connectivity index (χ4n) is 4.13. The third-order valence-corrected chi connectivity index (χ3v) is 6.02. The van der Waals surface area contributed by atoms with Gasteiger partial charge in [-0.15, -0.1) is 0 Å². The molecule has 2 fully saturated rings. The fourth-order valence-corrected chi connectivity index (χ4v) is 4.33. The SMILES string of the molecule is CC1CCCCC12NC(=O)N(CC(=O)Nc1cc3c(cc1Cl)OCCO3)C2=O. The summed E-state index contributed by atoms with van der Waals surface area (Å²) in [6.07, 6.45) is 3.39. The van der Waals surface area contributed by atoms with Crippen LogP contribution in [-0.4, -0.2) is 48.0 Å². The van der Waals surface area contributed by atoms with Gasteiger partial charge in [0.05, 0.1) is 10.7 Å². The quantitative estimate of drug-likeness (QED) is 0.750. The third kappa shape index (κ3) is 3.15. The van der Waals surface area contributed by atoms with E-state index in [-0.39, 0.29) is 23.4 Å². The number of anilines is 1. The monoisotopic (exact) mass is 407 g/mol. The zero-order valence-electron chi connectivity index (χ0n) is 15.5. The zero-order valence-corrected chi connectivity index (χ0v) is 16.3. The Morgan fingerprint density at radius 3 is 2.71 bits per heavy atom. The molecule has 1 aliphatic carbocycles. The molecule has 0 bridgehead atoms. The first-order valence-electron chi connectivity index (χ1n) is 9.44. The molecule has 1 aromatic rings. The molecule has 3 aliphatic rings. The van der Waals surface area contributed by atoms with Gasteiger partial charge in [-0.1, -0.05) is 31.4 Å². The van der Waals surface area contributed by atoms with E-state index in [4.69, 9.17) is 21.1 Å². The molecule has 2 unspecified atom stereocenters. The second-order valence-corrected chi connectivity index (χ2v) is 7.87. The van der Waals surface area contributed by atoms with E-state index in [9.17, 15) is 14.4 Å². The van der Waals surface area contributed by atoms with Crippen LogP contribution in [0.2, 0.25) is 5.02 Å². The molecule has 2 aliphatic heterocycles. The van der Waals surface area contributed by atoms with Crippen molar-refractivity contribution in [3.05, 3.63) is 17.2 Å². The number of fused-ring (bicyclic) bond motifs is 1.